The maximum Gasteiger partial charge on any atom is 0.416 e. The molecule has 1 fully saturated rings. The highest BCUT2D eigenvalue weighted by molar-refractivity contribution is 6.32. The molecule has 2 amide bonds. The van der Waals surface area contributed by atoms with Gasteiger partial charge in [0.25, 0.3) is 0 Å². The van der Waals surface area contributed by atoms with Gasteiger partial charge in [-0.1, -0.05) is 42.7 Å². The molecule has 13 heteroatoms. The number of rotatable bonds is 9. The number of amides is 2. The van der Waals surface area contributed by atoms with Gasteiger partial charge in [-0.3, -0.25) is 9.59 Å². The minimum absolute atomic E-state index is 0.00246. The molecular weight excluding hydrogens is 628 g/mol. The second kappa shape index (κ2) is 13.2. The summed E-state index contributed by atoms with van der Waals surface area (Å²) in [5.41, 5.74) is -1.70. The monoisotopic (exact) mass is 659 g/mol. The van der Waals surface area contributed by atoms with E-state index in [1.807, 2.05) is 13.0 Å². The first-order valence-electron chi connectivity index (χ1n) is 14.4. The van der Waals surface area contributed by atoms with E-state index in [2.05, 4.69) is 0 Å². The van der Waals surface area contributed by atoms with Gasteiger partial charge in [-0.05, 0) is 79.6 Å². The lowest BCUT2D eigenvalue weighted by atomic mass is 9.67. The van der Waals surface area contributed by atoms with E-state index in [0.29, 0.717) is 58.0 Å². The minimum atomic E-state index is -5.18. The van der Waals surface area contributed by atoms with Gasteiger partial charge >= 0.3 is 12.4 Å². The molecule has 0 bridgehead atoms. The number of benzene rings is 2. The number of hydrogen-bond donors (Lipinski definition) is 3. The summed E-state index contributed by atoms with van der Waals surface area (Å²) in [6.07, 6.45) is -8.29. The molecule has 1 aliphatic heterocycles. The number of phenols is 1. The van der Waals surface area contributed by atoms with Gasteiger partial charge in [0, 0.05) is 5.92 Å². The molecule has 2 aromatic rings. The van der Waals surface area contributed by atoms with Crippen LogP contribution >= 0.6 is 11.6 Å². The predicted octanol–water partition coefficient (Wildman–Crippen LogP) is 7.54. The van der Waals surface area contributed by atoms with E-state index in [1.165, 1.54) is 12.1 Å². The van der Waals surface area contributed by atoms with Crippen molar-refractivity contribution in [3.8, 4) is 5.75 Å². The standard InChI is InChI=1S/C32H32ClF6NO5/c1-3-16(9-18-6-7-22(42)14-25(18)33)5-8-26(43)27-17(4-2)10-23-28(24(27)15-41)30(45)40(29(23)44)21-12-19(31(34,35)36)11-20(13-21)32(37,38)39/h6-7,9,11-14,23-24,26,28,41-43H,3-5,8,10,15H2,1-2H3/b16-9+/t23-,24+,26-,28-/m1/s1. The molecule has 4 rings (SSSR count). The van der Waals surface area contributed by atoms with Crippen molar-refractivity contribution in [3.05, 3.63) is 74.8 Å². The summed E-state index contributed by atoms with van der Waals surface area (Å²) in [6.45, 7) is 2.97. The fourth-order valence-corrected chi connectivity index (χ4v) is 6.53. The molecule has 244 valence electrons. The first-order chi connectivity index (χ1) is 21.0. The third-order valence-electron chi connectivity index (χ3n) is 8.53. The molecule has 0 spiro atoms. The number of halogens is 7. The Morgan fingerprint density at radius 2 is 1.64 bits per heavy atom. The topological polar surface area (TPSA) is 98.1 Å². The third kappa shape index (κ3) is 7.07. The number of aliphatic hydroxyl groups excluding tert-OH is 2. The van der Waals surface area contributed by atoms with Crippen molar-refractivity contribution >= 4 is 35.2 Å². The lowest BCUT2D eigenvalue weighted by Gasteiger charge is -2.36. The number of aromatic hydroxyl groups is 1. The zero-order valence-corrected chi connectivity index (χ0v) is 25.1. The van der Waals surface area contributed by atoms with Crippen LogP contribution in [0.2, 0.25) is 5.02 Å². The molecule has 2 aliphatic rings. The van der Waals surface area contributed by atoms with Crippen LogP contribution in [-0.2, 0) is 21.9 Å². The van der Waals surface area contributed by atoms with E-state index in [0.717, 1.165) is 5.57 Å². The number of nitrogens with zero attached hydrogens (tertiary/aromatic N) is 1. The van der Waals surface area contributed by atoms with Crippen molar-refractivity contribution in [1.82, 2.24) is 0 Å². The molecule has 1 heterocycles. The molecule has 0 unspecified atom stereocenters. The van der Waals surface area contributed by atoms with Crippen LogP contribution in [0.15, 0.2) is 53.1 Å². The predicted molar refractivity (Wildman–Crippen MR) is 155 cm³/mol. The quantitative estimate of drug-likeness (QED) is 0.147. The number of alkyl halides is 6. The number of fused-ring (bicyclic) bond motifs is 1. The Morgan fingerprint density at radius 1 is 1.02 bits per heavy atom. The number of anilines is 1. The second-order valence-electron chi connectivity index (χ2n) is 11.2. The molecular formula is C32H32ClF6NO5. The maximum absolute atomic E-state index is 13.7. The molecule has 1 saturated heterocycles. The van der Waals surface area contributed by atoms with Crippen LogP contribution in [0.1, 0.15) is 62.6 Å². The lowest BCUT2D eigenvalue weighted by Crippen LogP contribution is -2.39. The van der Waals surface area contributed by atoms with Crippen molar-refractivity contribution in [2.24, 2.45) is 17.8 Å². The largest absolute Gasteiger partial charge is 0.508 e. The van der Waals surface area contributed by atoms with Gasteiger partial charge in [0.15, 0.2) is 0 Å². The van der Waals surface area contributed by atoms with Crippen LogP contribution in [0.25, 0.3) is 6.08 Å². The van der Waals surface area contributed by atoms with Crippen molar-refractivity contribution in [2.75, 3.05) is 11.5 Å². The summed E-state index contributed by atoms with van der Waals surface area (Å²) >= 11 is 6.22. The van der Waals surface area contributed by atoms with Crippen molar-refractivity contribution in [1.29, 1.82) is 0 Å². The van der Waals surface area contributed by atoms with Crippen molar-refractivity contribution < 1.29 is 51.3 Å². The van der Waals surface area contributed by atoms with Crippen LogP contribution in [0.4, 0.5) is 32.0 Å². The smallest absolute Gasteiger partial charge is 0.416 e. The van der Waals surface area contributed by atoms with E-state index in [9.17, 15) is 51.3 Å². The SMILES string of the molecule is CCC1=C([C@H](O)CC/C(=C/c2ccc(O)cc2Cl)CC)[C@H](CO)[C@@H]2C(=O)N(c3cc(C(F)(F)F)cc(C(F)(F)F)c3)C(=O)[C@@H]2C1. The van der Waals surface area contributed by atoms with E-state index in [4.69, 9.17) is 11.6 Å². The number of allylic oxidation sites excluding steroid dienone is 2. The van der Waals surface area contributed by atoms with Crippen molar-refractivity contribution in [3.63, 3.8) is 0 Å². The highest BCUT2D eigenvalue weighted by Gasteiger charge is 2.55. The molecule has 0 radical (unpaired) electrons. The van der Waals surface area contributed by atoms with Crippen LogP contribution < -0.4 is 4.90 Å². The lowest BCUT2D eigenvalue weighted by molar-refractivity contribution is -0.143. The molecule has 2 aromatic carbocycles. The summed E-state index contributed by atoms with van der Waals surface area (Å²) < 4.78 is 81.2. The molecule has 3 N–H and O–H groups in total. The molecule has 45 heavy (non-hydrogen) atoms. The number of hydrogen-bond acceptors (Lipinski definition) is 5. The Kier molecular flexibility index (Phi) is 10.1. The zero-order chi connectivity index (χ0) is 33.4. The first-order valence-corrected chi connectivity index (χ1v) is 14.7. The Hall–Kier alpha value is -3.35. The Morgan fingerprint density at radius 3 is 2.16 bits per heavy atom. The Bertz CT molecular complexity index is 1500. The van der Waals surface area contributed by atoms with Gasteiger partial charge in [0.1, 0.15) is 5.75 Å². The van der Waals surface area contributed by atoms with Crippen LogP contribution in [0.5, 0.6) is 5.75 Å². The Balaban J connectivity index is 1.65. The zero-order valence-electron chi connectivity index (χ0n) is 24.3. The first kappa shape index (κ1) is 34.5. The average Bonchev–Trinajstić information content (AvgIpc) is 3.22. The van der Waals surface area contributed by atoms with Crippen LogP contribution in [0, 0.1) is 17.8 Å². The van der Waals surface area contributed by atoms with Gasteiger partial charge in [0.2, 0.25) is 11.8 Å². The third-order valence-corrected chi connectivity index (χ3v) is 8.86. The summed E-state index contributed by atoms with van der Waals surface area (Å²) in [5.74, 6) is -5.49. The average molecular weight is 660 g/mol. The van der Waals surface area contributed by atoms with Crippen LogP contribution in [-0.4, -0.2) is 39.8 Å². The van der Waals surface area contributed by atoms with Gasteiger partial charge in [-0.2, -0.15) is 26.3 Å². The van der Waals surface area contributed by atoms with Crippen molar-refractivity contribution in [2.45, 2.75) is 64.4 Å². The summed E-state index contributed by atoms with van der Waals surface area (Å²) in [4.78, 5) is 27.5. The Labute approximate surface area is 260 Å². The van der Waals surface area contributed by atoms with Gasteiger partial charge in [-0.15, -0.1) is 0 Å². The molecule has 6 nitrogen and oxygen atoms in total. The summed E-state index contributed by atoms with van der Waals surface area (Å²) in [7, 11) is 0. The number of imide groups is 1. The molecule has 4 atom stereocenters. The van der Waals surface area contributed by atoms with Crippen LogP contribution in [0.3, 0.4) is 0 Å². The normalized spacial score (nSPS) is 21.9. The van der Waals surface area contributed by atoms with E-state index >= 15 is 0 Å². The van der Waals surface area contributed by atoms with E-state index in [1.54, 1.807) is 13.0 Å². The second-order valence-corrected chi connectivity index (χ2v) is 11.6. The molecule has 0 aromatic heterocycles. The summed E-state index contributed by atoms with van der Waals surface area (Å²) in [6, 6.07) is 5.09. The van der Waals surface area contributed by atoms with Gasteiger partial charge < -0.3 is 15.3 Å². The number of carbonyl (C=O) groups is 2. The summed E-state index contributed by atoms with van der Waals surface area (Å²) in [5, 5.41) is 31.7. The number of aliphatic hydroxyl groups is 2. The fourth-order valence-electron chi connectivity index (χ4n) is 6.30. The fraction of sp³-hybridized carbons (Fsp3) is 0.438. The van der Waals surface area contributed by atoms with E-state index in [-0.39, 0.29) is 24.7 Å². The van der Waals surface area contributed by atoms with Gasteiger partial charge in [0.05, 0.1) is 46.4 Å². The maximum atomic E-state index is 13.7. The molecule has 1 aliphatic carbocycles. The highest BCUT2D eigenvalue weighted by atomic mass is 35.5. The van der Waals surface area contributed by atoms with Gasteiger partial charge in [-0.25, -0.2) is 4.90 Å². The minimum Gasteiger partial charge on any atom is -0.508 e. The number of carbonyl (C=O) groups excluding carboxylic acids is 2. The number of phenolic OH excluding ortho intramolecular Hbond substituents is 1. The highest BCUT2D eigenvalue weighted by Crippen LogP contribution is 2.49. The van der Waals surface area contributed by atoms with E-state index < -0.39 is 71.4 Å². The molecule has 0 saturated carbocycles.